The first kappa shape index (κ1) is 18.2. The first-order chi connectivity index (χ1) is 13.8. The summed E-state index contributed by atoms with van der Waals surface area (Å²) >= 11 is 0. The highest BCUT2D eigenvalue weighted by molar-refractivity contribution is 5.93. The lowest BCUT2D eigenvalue weighted by atomic mass is 10.2. The largest absolute Gasteiger partial charge is 0.495 e. The van der Waals surface area contributed by atoms with Crippen molar-refractivity contribution < 1.29 is 9.53 Å². The van der Waals surface area contributed by atoms with Gasteiger partial charge in [-0.15, -0.1) is 0 Å². The van der Waals surface area contributed by atoms with E-state index in [1.165, 1.54) is 5.56 Å². The summed E-state index contributed by atoms with van der Waals surface area (Å²) in [4.78, 5) is 17.3. The molecule has 0 N–H and O–H groups in total. The van der Waals surface area contributed by atoms with Crippen LogP contribution in [0.15, 0.2) is 72.9 Å². The molecule has 0 bridgehead atoms. The number of hydrogen-bond acceptors (Lipinski definition) is 3. The van der Waals surface area contributed by atoms with Crippen LogP contribution < -0.4 is 9.64 Å². The van der Waals surface area contributed by atoms with Gasteiger partial charge in [0.15, 0.2) is 0 Å². The fourth-order valence-corrected chi connectivity index (χ4v) is 3.73. The summed E-state index contributed by atoms with van der Waals surface area (Å²) in [5.41, 5.74) is 3.02. The van der Waals surface area contributed by atoms with Crippen LogP contribution in [-0.2, 0) is 6.54 Å². The summed E-state index contributed by atoms with van der Waals surface area (Å²) in [6.45, 7) is 3.70. The number of ether oxygens (including phenoxy) is 1. The van der Waals surface area contributed by atoms with E-state index in [2.05, 4.69) is 23.1 Å². The number of benzene rings is 2. The Bertz CT molecular complexity index is 928. The number of carbonyl (C=O) groups excluding carboxylic acids is 1. The molecule has 144 valence electrons. The molecule has 1 saturated heterocycles. The minimum atomic E-state index is 0.0978. The second-order valence-electron chi connectivity index (χ2n) is 6.96. The van der Waals surface area contributed by atoms with Crippen molar-refractivity contribution in [1.82, 2.24) is 9.47 Å². The van der Waals surface area contributed by atoms with Crippen LogP contribution in [0, 0.1) is 0 Å². The van der Waals surface area contributed by atoms with Gasteiger partial charge in [0.2, 0.25) is 0 Å². The molecule has 0 aliphatic carbocycles. The molecule has 3 aromatic rings. The van der Waals surface area contributed by atoms with E-state index in [1.807, 2.05) is 64.2 Å². The van der Waals surface area contributed by atoms with E-state index in [-0.39, 0.29) is 5.91 Å². The number of aromatic nitrogens is 1. The fourth-order valence-electron chi connectivity index (χ4n) is 3.73. The second kappa shape index (κ2) is 8.21. The number of rotatable bonds is 5. The molecule has 0 spiro atoms. The van der Waals surface area contributed by atoms with Crippen molar-refractivity contribution in [2.24, 2.45) is 0 Å². The maximum absolute atomic E-state index is 13.1. The first-order valence-electron chi connectivity index (χ1n) is 9.62. The quantitative estimate of drug-likeness (QED) is 0.685. The summed E-state index contributed by atoms with van der Waals surface area (Å²) < 4.78 is 7.51. The molecule has 5 nitrogen and oxygen atoms in total. The highest BCUT2D eigenvalue weighted by Crippen LogP contribution is 2.28. The average Bonchev–Trinajstić information content (AvgIpc) is 3.22. The molecule has 0 radical (unpaired) electrons. The monoisotopic (exact) mass is 375 g/mol. The maximum Gasteiger partial charge on any atom is 0.270 e. The van der Waals surface area contributed by atoms with Crippen molar-refractivity contribution in [3.8, 4) is 5.75 Å². The van der Waals surface area contributed by atoms with Crippen LogP contribution >= 0.6 is 0 Å². The van der Waals surface area contributed by atoms with E-state index >= 15 is 0 Å². The Morgan fingerprint density at radius 1 is 0.893 bits per heavy atom. The Morgan fingerprint density at radius 2 is 1.61 bits per heavy atom. The van der Waals surface area contributed by atoms with Crippen molar-refractivity contribution in [1.29, 1.82) is 0 Å². The van der Waals surface area contributed by atoms with Crippen molar-refractivity contribution in [3.63, 3.8) is 0 Å². The van der Waals surface area contributed by atoms with Crippen molar-refractivity contribution >= 4 is 11.6 Å². The molecule has 28 heavy (non-hydrogen) atoms. The standard InChI is InChI=1S/C23H25N3O2/c1-28-22-12-6-5-10-20(22)24-14-16-25(17-15-24)23(27)21-11-7-13-26(21)18-19-8-3-2-4-9-19/h2-13H,14-18H2,1H3. The van der Waals surface area contributed by atoms with Crippen LogP contribution in [0.3, 0.4) is 0 Å². The van der Waals surface area contributed by atoms with Gasteiger partial charge in [-0.25, -0.2) is 0 Å². The molecule has 0 saturated carbocycles. The molecule has 4 rings (SSSR count). The predicted octanol–water partition coefficient (Wildman–Crippen LogP) is 3.51. The summed E-state index contributed by atoms with van der Waals surface area (Å²) in [6, 6.07) is 22.1. The van der Waals surface area contributed by atoms with Gasteiger partial charge in [0, 0.05) is 38.9 Å². The molecule has 1 aliphatic rings. The lowest BCUT2D eigenvalue weighted by molar-refractivity contribution is 0.0736. The third-order valence-corrected chi connectivity index (χ3v) is 5.24. The number of anilines is 1. The van der Waals surface area contributed by atoms with E-state index in [1.54, 1.807) is 7.11 Å². The Labute approximate surface area is 165 Å². The van der Waals surface area contributed by atoms with Crippen LogP contribution in [0.25, 0.3) is 0 Å². The number of carbonyl (C=O) groups is 1. The highest BCUT2D eigenvalue weighted by Gasteiger charge is 2.25. The van der Waals surface area contributed by atoms with Gasteiger partial charge in [-0.3, -0.25) is 4.79 Å². The molecular weight excluding hydrogens is 350 g/mol. The van der Waals surface area contributed by atoms with E-state index in [9.17, 15) is 4.79 Å². The Kier molecular flexibility index (Phi) is 5.33. The van der Waals surface area contributed by atoms with Crippen LogP contribution in [0.4, 0.5) is 5.69 Å². The van der Waals surface area contributed by atoms with E-state index in [4.69, 9.17) is 4.74 Å². The lowest BCUT2D eigenvalue weighted by Gasteiger charge is -2.36. The van der Waals surface area contributed by atoms with Crippen LogP contribution in [0.5, 0.6) is 5.75 Å². The number of nitrogens with zero attached hydrogens (tertiary/aromatic N) is 3. The molecule has 2 heterocycles. The zero-order valence-electron chi connectivity index (χ0n) is 16.1. The summed E-state index contributed by atoms with van der Waals surface area (Å²) in [5, 5.41) is 0. The SMILES string of the molecule is COc1ccccc1N1CCN(C(=O)c2cccn2Cc2ccccc2)CC1. The Morgan fingerprint density at radius 3 is 2.36 bits per heavy atom. The minimum Gasteiger partial charge on any atom is -0.495 e. The number of piperazine rings is 1. The molecule has 1 amide bonds. The van der Waals surface area contributed by atoms with E-state index in [0.29, 0.717) is 19.6 Å². The smallest absolute Gasteiger partial charge is 0.270 e. The summed E-state index contributed by atoms with van der Waals surface area (Å²) in [7, 11) is 1.69. The molecule has 5 heteroatoms. The molecule has 0 atom stereocenters. The minimum absolute atomic E-state index is 0.0978. The van der Waals surface area contributed by atoms with E-state index < -0.39 is 0 Å². The fraction of sp³-hybridized carbons (Fsp3) is 0.261. The van der Waals surface area contributed by atoms with Crippen LogP contribution in [0.2, 0.25) is 0 Å². The summed E-state index contributed by atoms with van der Waals surface area (Å²) in [5.74, 6) is 0.972. The molecule has 2 aromatic carbocycles. The van der Waals surface area contributed by atoms with Gasteiger partial charge in [0.25, 0.3) is 5.91 Å². The van der Waals surface area contributed by atoms with Gasteiger partial charge in [-0.1, -0.05) is 42.5 Å². The van der Waals surface area contributed by atoms with Crippen LogP contribution in [-0.4, -0.2) is 48.7 Å². The first-order valence-corrected chi connectivity index (χ1v) is 9.62. The number of methoxy groups -OCH3 is 1. The van der Waals surface area contributed by atoms with Gasteiger partial charge < -0.3 is 19.1 Å². The number of hydrogen-bond donors (Lipinski definition) is 0. The van der Waals surface area contributed by atoms with Gasteiger partial charge in [0.1, 0.15) is 11.4 Å². The molecule has 1 aliphatic heterocycles. The molecule has 0 unspecified atom stereocenters. The average molecular weight is 375 g/mol. The third kappa shape index (κ3) is 3.74. The maximum atomic E-state index is 13.1. The molecule has 1 aromatic heterocycles. The number of para-hydroxylation sites is 2. The van der Waals surface area contributed by atoms with Gasteiger partial charge in [-0.05, 0) is 29.8 Å². The van der Waals surface area contributed by atoms with Gasteiger partial charge in [0.05, 0.1) is 12.8 Å². The topological polar surface area (TPSA) is 37.7 Å². The Hall–Kier alpha value is -3.21. The summed E-state index contributed by atoms with van der Waals surface area (Å²) in [6.07, 6.45) is 1.98. The highest BCUT2D eigenvalue weighted by atomic mass is 16.5. The zero-order valence-corrected chi connectivity index (χ0v) is 16.1. The van der Waals surface area contributed by atoms with Crippen LogP contribution in [0.1, 0.15) is 16.1 Å². The number of amides is 1. The third-order valence-electron chi connectivity index (χ3n) is 5.24. The normalized spacial score (nSPS) is 14.2. The lowest BCUT2D eigenvalue weighted by Crippen LogP contribution is -2.49. The van der Waals surface area contributed by atoms with E-state index in [0.717, 1.165) is 30.2 Å². The zero-order chi connectivity index (χ0) is 19.3. The molecule has 1 fully saturated rings. The van der Waals surface area contributed by atoms with Gasteiger partial charge >= 0.3 is 0 Å². The van der Waals surface area contributed by atoms with Crippen molar-refractivity contribution in [2.75, 3.05) is 38.2 Å². The van der Waals surface area contributed by atoms with Gasteiger partial charge in [-0.2, -0.15) is 0 Å². The second-order valence-corrected chi connectivity index (χ2v) is 6.96. The molecular formula is C23H25N3O2. The predicted molar refractivity (Wildman–Crippen MR) is 111 cm³/mol. The Balaban J connectivity index is 1.43. The van der Waals surface area contributed by atoms with Crippen molar-refractivity contribution in [2.45, 2.75) is 6.54 Å². The van der Waals surface area contributed by atoms with Crippen molar-refractivity contribution in [3.05, 3.63) is 84.2 Å².